The molecule has 1 fully saturated rings. The van der Waals surface area contributed by atoms with Gasteiger partial charge in [0.25, 0.3) is 0 Å². The molecule has 1 aromatic heterocycles. The number of hydrogen-bond acceptors (Lipinski definition) is 6. The highest BCUT2D eigenvalue weighted by molar-refractivity contribution is 7.89. The Balaban J connectivity index is 1.55. The van der Waals surface area contributed by atoms with E-state index < -0.39 is 22.1 Å². The fourth-order valence-corrected chi connectivity index (χ4v) is 4.21. The van der Waals surface area contributed by atoms with E-state index in [1.165, 1.54) is 16.6 Å². The van der Waals surface area contributed by atoms with Gasteiger partial charge in [0.15, 0.2) is 0 Å². The maximum absolute atomic E-state index is 12.7. The van der Waals surface area contributed by atoms with Gasteiger partial charge in [0.2, 0.25) is 15.6 Å². The van der Waals surface area contributed by atoms with Crippen LogP contribution in [0.15, 0.2) is 57.4 Å². The molecule has 3 rings (SSSR count). The summed E-state index contributed by atoms with van der Waals surface area (Å²) < 4.78 is 67.0. The first kappa shape index (κ1) is 21.8. The van der Waals surface area contributed by atoms with Gasteiger partial charge in [-0.15, -0.1) is 13.2 Å². The molecule has 0 aliphatic carbocycles. The zero-order valence-electron chi connectivity index (χ0n) is 15.6. The third-order valence-corrected chi connectivity index (χ3v) is 6.18. The van der Waals surface area contributed by atoms with Crippen LogP contribution in [-0.4, -0.2) is 42.9 Å². The fourth-order valence-electron chi connectivity index (χ4n) is 2.77. The van der Waals surface area contributed by atoms with E-state index >= 15 is 0 Å². The van der Waals surface area contributed by atoms with Gasteiger partial charge < -0.3 is 14.6 Å². The Labute approximate surface area is 170 Å². The number of halogens is 3. The van der Waals surface area contributed by atoms with Crippen LogP contribution in [0.4, 0.5) is 13.2 Å². The zero-order valence-corrected chi connectivity index (χ0v) is 16.4. The van der Waals surface area contributed by atoms with Gasteiger partial charge in [-0.25, -0.2) is 8.42 Å². The number of pyridine rings is 1. The third kappa shape index (κ3) is 5.83. The van der Waals surface area contributed by atoms with Crippen molar-refractivity contribution in [2.75, 3.05) is 13.1 Å². The van der Waals surface area contributed by atoms with Crippen LogP contribution in [0.25, 0.3) is 0 Å². The van der Waals surface area contributed by atoms with Crippen molar-refractivity contribution in [3.8, 4) is 5.75 Å². The van der Waals surface area contributed by atoms with Crippen LogP contribution in [0.1, 0.15) is 18.4 Å². The molecule has 0 spiro atoms. The molecule has 1 N–H and O–H groups in total. The Morgan fingerprint density at radius 1 is 1.07 bits per heavy atom. The van der Waals surface area contributed by atoms with Crippen molar-refractivity contribution >= 4 is 15.7 Å². The van der Waals surface area contributed by atoms with Crippen molar-refractivity contribution in [3.05, 3.63) is 58.5 Å². The number of hydrogen-bond donors (Lipinski definition) is 1. The number of aromatic nitrogens is 1. The number of nitrogens with zero attached hydrogens (tertiary/aromatic N) is 2. The molecule has 0 radical (unpaired) electrons. The monoisotopic (exact) mass is 445 g/mol. The summed E-state index contributed by atoms with van der Waals surface area (Å²) in [7, 11) is -3.85. The summed E-state index contributed by atoms with van der Waals surface area (Å²) in [6.45, 7) is 0.503. The first-order valence-electron chi connectivity index (χ1n) is 8.85. The van der Waals surface area contributed by atoms with Crippen LogP contribution in [0.5, 0.6) is 5.75 Å². The lowest BCUT2D eigenvalue weighted by molar-refractivity contribution is -0.274. The number of rotatable bonds is 6. The van der Waals surface area contributed by atoms with Crippen molar-refractivity contribution in [2.45, 2.75) is 30.7 Å². The van der Waals surface area contributed by atoms with E-state index in [9.17, 15) is 26.4 Å². The third-order valence-electron chi connectivity index (χ3n) is 4.27. The van der Waals surface area contributed by atoms with Gasteiger partial charge in [-0.3, -0.25) is 4.79 Å². The molecule has 30 heavy (non-hydrogen) atoms. The topological polar surface area (TPSA) is 101 Å². The molecule has 12 heteroatoms. The maximum atomic E-state index is 12.7. The Kier molecular flexibility index (Phi) is 6.46. The average Bonchev–Trinajstić information content (AvgIpc) is 2.69. The van der Waals surface area contributed by atoms with Crippen LogP contribution in [0.2, 0.25) is 0 Å². The van der Waals surface area contributed by atoms with E-state index in [1.54, 1.807) is 6.07 Å². The number of alkyl halides is 3. The number of sulfonamides is 1. The molecule has 1 aliphatic heterocycles. The smallest absolute Gasteiger partial charge is 0.406 e. The van der Waals surface area contributed by atoms with Gasteiger partial charge in [0.05, 0.1) is 10.6 Å². The molecule has 0 amide bonds. The lowest BCUT2D eigenvalue weighted by Gasteiger charge is -2.26. The van der Waals surface area contributed by atoms with Crippen molar-refractivity contribution in [3.63, 3.8) is 0 Å². The standard InChI is InChI=1S/C18H18F3N3O5S/c19-18(20,21)29-15-2-4-16(5-3-15)30(26,27)24-9-7-14(8-10-24)23-28-12-13-1-6-17(25)22-11-13/h1-6,11H,7-10,12H2,(H,22,25). The largest absolute Gasteiger partial charge is 0.573 e. The minimum atomic E-state index is -4.84. The van der Waals surface area contributed by atoms with Crippen molar-refractivity contribution in [1.29, 1.82) is 0 Å². The summed E-state index contributed by atoms with van der Waals surface area (Å²) in [5.74, 6) is -0.492. The fraction of sp³-hybridized carbons (Fsp3) is 0.333. The second kappa shape index (κ2) is 8.88. The molecule has 0 saturated carbocycles. The second-order valence-corrected chi connectivity index (χ2v) is 8.35. The Hall–Kier alpha value is -2.86. The number of ether oxygens (including phenoxy) is 1. The highest BCUT2D eigenvalue weighted by Gasteiger charge is 2.32. The van der Waals surface area contributed by atoms with E-state index in [1.807, 2.05) is 0 Å². The SMILES string of the molecule is O=c1ccc(CON=C2CCN(S(=O)(=O)c3ccc(OC(F)(F)F)cc3)CC2)c[nH]1. The predicted molar refractivity (Wildman–Crippen MR) is 100 cm³/mol. The number of benzene rings is 1. The van der Waals surface area contributed by atoms with Gasteiger partial charge in [-0.1, -0.05) is 5.16 Å². The molecular weight excluding hydrogens is 427 g/mol. The number of oxime groups is 1. The molecule has 0 atom stereocenters. The van der Waals surface area contributed by atoms with Gasteiger partial charge in [-0.2, -0.15) is 4.31 Å². The molecule has 2 aromatic rings. The van der Waals surface area contributed by atoms with Crippen LogP contribution >= 0.6 is 0 Å². The van der Waals surface area contributed by atoms with Crippen molar-refractivity contribution in [1.82, 2.24) is 9.29 Å². The van der Waals surface area contributed by atoms with Crippen LogP contribution in [0.3, 0.4) is 0 Å². The molecule has 1 aliphatic rings. The van der Waals surface area contributed by atoms with Gasteiger partial charge in [-0.05, 0) is 30.3 Å². The minimum Gasteiger partial charge on any atom is -0.406 e. The second-order valence-electron chi connectivity index (χ2n) is 6.42. The normalized spacial score (nSPS) is 15.6. The van der Waals surface area contributed by atoms with Gasteiger partial charge in [0.1, 0.15) is 12.4 Å². The minimum absolute atomic E-state index is 0.119. The number of piperidine rings is 1. The van der Waals surface area contributed by atoms with Gasteiger partial charge in [0, 0.05) is 43.8 Å². The Morgan fingerprint density at radius 3 is 2.30 bits per heavy atom. The molecule has 0 unspecified atom stereocenters. The van der Waals surface area contributed by atoms with Crippen molar-refractivity contribution in [2.24, 2.45) is 5.16 Å². The molecule has 1 saturated heterocycles. The van der Waals surface area contributed by atoms with E-state index in [0.717, 1.165) is 29.8 Å². The Bertz CT molecular complexity index is 1040. The molecule has 2 heterocycles. The first-order chi connectivity index (χ1) is 14.1. The molecule has 0 bridgehead atoms. The number of aromatic amines is 1. The average molecular weight is 445 g/mol. The summed E-state index contributed by atoms with van der Waals surface area (Å²) in [5, 5.41) is 4.02. The summed E-state index contributed by atoms with van der Waals surface area (Å²) in [5.41, 5.74) is 1.21. The molecule has 8 nitrogen and oxygen atoms in total. The highest BCUT2D eigenvalue weighted by Crippen LogP contribution is 2.26. The van der Waals surface area contributed by atoms with Crippen LogP contribution < -0.4 is 10.3 Å². The summed E-state index contributed by atoms with van der Waals surface area (Å²) >= 11 is 0. The Morgan fingerprint density at radius 2 is 1.73 bits per heavy atom. The van der Waals surface area contributed by atoms with E-state index in [0.29, 0.717) is 18.6 Å². The van der Waals surface area contributed by atoms with E-state index in [2.05, 4.69) is 14.9 Å². The lowest BCUT2D eigenvalue weighted by Crippen LogP contribution is -2.38. The first-order valence-corrected chi connectivity index (χ1v) is 10.3. The molecule has 162 valence electrons. The zero-order chi connectivity index (χ0) is 21.8. The lowest BCUT2D eigenvalue weighted by atomic mass is 10.1. The highest BCUT2D eigenvalue weighted by atomic mass is 32.2. The summed E-state index contributed by atoms with van der Waals surface area (Å²) in [6, 6.07) is 7.06. The number of H-pyrrole nitrogens is 1. The molecule has 1 aromatic carbocycles. The van der Waals surface area contributed by atoms with Gasteiger partial charge >= 0.3 is 6.36 Å². The summed E-state index contributed by atoms with van der Waals surface area (Å²) in [4.78, 5) is 18.7. The predicted octanol–water partition coefficient (Wildman–Crippen LogP) is 2.63. The summed E-state index contributed by atoms with van der Waals surface area (Å²) in [6.07, 6.45) is -2.61. The van der Waals surface area contributed by atoms with E-state index in [4.69, 9.17) is 4.84 Å². The molecular formula is C18H18F3N3O5S. The van der Waals surface area contributed by atoms with E-state index in [-0.39, 0.29) is 30.2 Å². The number of nitrogens with one attached hydrogen (secondary N) is 1. The quantitative estimate of drug-likeness (QED) is 0.689. The van der Waals surface area contributed by atoms with Crippen molar-refractivity contribution < 1.29 is 31.2 Å². The van der Waals surface area contributed by atoms with Crippen LogP contribution in [0, 0.1) is 0 Å². The van der Waals surface area contributed by atoms with Crippen LogP contribution in [-0.2, 0) is 21.5 Å². The maximum Gasteiger partial charge on any atom is 0.573 e.